The van der Waals surface area contributed by atoms with E-state index >= 15 is 0 Å². The molecule has 2 heterocycles. The number of ether oxygens (including phenoxy) is 1. The number of anilines is 2. The van der Waals surface area contributed by atoms with Gasteiger partial charge in [0, 0.05) is 29.0 Å². The average Bonchev–Trinajstić information content (AvgIpc) is 2.74. The second kappa shape index (κ2) is 8.12. The summed E-state index contributed by atoms with van der Waals surface area (Å²) in [4.78, 5) is 24.1. The quantitative estimate of drug-likeness (QED) is 0.500. The molecule has 7 nitrogen and oxygen atoms in total. The van der Waals surface area contributed by atoms with Crippen LogP contribution in [0.5, 0.6) is 5.75 Å². The number of nitrogens with one attached hydrogen (secondary N) is 1. The zero-order valence-corrected chi connectivity index (χ0v) is 15.9. The van der Waals surface area contributed by atoms with Gasteiger partial charge in [0.05, 0.1) is 10.5 Å². The number of amides is 1. The lowest BCUT2D eigenvalue weighted by Crippen LogP contribution is -2.16. The first kappa shape index (κ1) is 18.6. The van der Waals surface area contributed by atoms with Gasteiger partial charge in [0.15, 0.2) is 0 Å². The van der Waals surface area contributed by atoms with Crippen molar-refractivity contribution in [3.63, 3.8) is 0 Å². The highest BCUT2D eigenvalue weighted by Crippen LogP contribution is 2.31. The van der Waals surface area contributed by atoms with Crippen LogP contribution in [-0.4, -0.2) is 20.9 Å². The Morgan fingerprint density at radius 2 is 1.97 bits per heavy atom. The first-order valence-corrected chi connectivity index (χ1v) is 9.13. The predicted molar refractivity (Wildman–Crippen MR) is 111 cm³/mol. The van der Waals surface area contributed by atoms with Gasteiger partial charge in [-0.2, -0.15) is 0 Å². The van der Waals surface area contributed by atoms with Gasteiger partial charge < -0.3 is 15.8 Å². The second-order valence-electron chi connectivity index (χ2n) is 6.20. The van der Waals surface area contributed by atoms with Crippen LogP contribution >= 0.6 is 11.6 Å². The maximum absolute atomic E-state index is 11.6. The summed E-state index contributed by atoms with van der Waals surface area (Å²) in [5, 5.41) is 4.37. The van der Waals surface area contributed by atoms with Crippen LogP contribution in [0.15, 0.2) is 67.0 Å². The topological polar surface area (TPSA) is 103 Å². The summed E-state index contributed by atoms with van der Waals surface area (Å²) in [7, 11) is 0. The van der Waals surface area contributed by atoms with Crippen molar-refractivity contribution in [2.75, 3.05) is 5.32 Å². The molecule has 0 unspecified atom stereocenters. The number of benzene rings is 2. The van der Waals surface area contributed by atoms with E-state index < -0.39 is 5.91 Å². The Bertz CT molecular complexity index is 1180. The Morgan fingerprint density at radius 1 is 1.10 bits per heavy atom. The third-order valence-corrected chi connectivity index (χ3v) is 4.43. The zero-order valence-electron chi connectivity index (χ0n) is 15.2. The number of nitrogens with zero attached hydrogens (tertiary/aromatic N) is 3. The Morgan fingerprint density at radius 3 is 2.72 bits per heavy atom. The fourth-order valence-electron chi connectivity index (χ4n) is 2.76. The SMILES string of the molecule is NC(=O)c1nc(Nc2ccc(OCc3cccnc3)c(Cl)c2)c2ccccc2n1. The second-order valence-corrected chi connectivity index (χ2v) is 6.60. The number of carbonyl (C=O) groups excluding carboxylic acids is 1. The monoisotopic (exact) mass is 405 g/mol. The molecule has 0 aliphatic carbocycles. The summed E-state index contributed by atoms with van der Waals surface area (Å²) in [6.07, 6.45) is 3.44. The zero-order chi connectivity index (χ0) is 20.2. The lowest BCUT2D eigenvalue weighted by atomic mass is 10.2. The van der Waals surface area contributed by atoms with Gasteiger partial charge in [-0.25, -0.2) is 9.97 Å². The molecule has 0 fully saturated rings. The summed E-state index contributed by atoms with van der Waals surface area (Å²) < 4.78 is 5.76. The van der Waals surface area contributed by atoms with Gasteiger partial charge in [0.2, 0.25) is 5.82 Å². The van der Waals surface area contributed by atoms with Crippen molar-refractivity contribution in [3.8, 4) is 5.75 Å². The van der Waals surface area contributed by atoms with Gasteiger partial charge >= 0.3 is 0 Å². The molecule has 0 atom stereocenters. The fourth-order valence-corrected chi connectivity index (χ4v) is 2.99. The van der Waals surface area contributed by atoms with Crippen molar-refractivity contribution in [1.82, 2.24) is 15.0 Å². The molecule has 8 heteroatoms. The van der Waals surface area contributed by atoms with Crippen molar-refractivity contribution in [3.05, 3.63) is 83.4 Å². The molecule has 2 aromatic carbocycles. The molecule has 2 aromatic heterocycles. The highest BCUT2D eigenvalue weighted by molar-refractivity contribution is 6.32. The highest BCUT2D eigenvalue weighted by Gasteiger charge is 2.12. The van der Waals surface area contributed by atoms with Gasteiger partial charge in [-0.05, 0) is 36.4 Å². The van der Waals surface area contributed by atoms with Gasteiger partial charge in [0.25, 0.3) is 5.91 Å². The molecule has 4 aromatic rings. The normalized spacial score (nSPS) is 10.7. The van der Waals surface area contributed by atoms with Crippen LogP contribution < -0.4 is 15.8 Å². The Hall–Kier alpha value is -3.71. The number of nitrogens with two attached hydrogens (primary N) is 1. The molecular weight excluding hydrogens is 390 g/mol. The van der Waals surface area contributed by atoms with E-state index in [2.05, 4.69) is 20.3 Å². The van der Waals surface area contributed by atoms with Crippen LogP contribution in [0.4, 0.5) is 11.5 Å². The molecule has 0 aliphatic rings. The number of hydrogen-bond donors (Lipinski definition) is 2. The maximum atomic E-state index is 11.6. The Labute approximate surface area is 171 Å². The molecule has 0 saturated heterocycles. The minimum absolute atomic E-state index is 0.0614. The van der Waals surface area contributed by atoms with Gasteiger partial charge in [-0.3, -0.25) is 9.78 Å². The lowest BCUT2D eigenvalue weighted by Gasteiger charge is -2.12. The molecular formula is C21H16ClN5O2. The largest absolute Gasteiger partial charge is 0.487 e. The highest BCUT2D eigenvalue weighted by atomic mass is 35.5. The fraction of sp³-hybridized carbons (Fsp3) is 0.0476. The van der Waals surface area contributed by atoms with Crippen molar-refractivity contribution < 1.29 is 9.53 Å². The molecule has 0 spiro atoms. The number of aromatic nitrogens is 3. The van der Waals surface area contributed by atoms with Gasteiger partial charge in [-0.15, -0.1) is 0 Å². The van der Waals surface area contributed by atoms with E-state index in [1.54, 1.807) is 30.6 Å². The standard InChI is InChI=1S/C21H16ClN5O2/c22-16-10-14(7-8-18(16)29-12-13-4-3-9-24-11-13)25-20-15-5-1-2-6-17(15)26-21(27-20)19(23)28/h1-11H,12H2,(H2,23,28)(H,25,26,27). The Kier molecular flexibility index (Phi) is 5.22. The molecule has 0 saturated carbocycles. The van der Waals surface area contributed by atoms with Crippen molar-refractivity contribution in [2.45, 2.75) is 6.61 Å². The molecule has 1 amide bonds. The number of para-hydroxylation sites is 1. The minimum Gasteiger partial charge on any atom is -0.487 e. The van der Waals surface area contributed by atoms with E-state index in [4.69, 9.17) is 22.1 Å². The molecule has 0 radical (unpaired) electrons. The molecule has 144 valence electrons. The van der Waals surface area contributed by atoms with Gasteiger partial charge in [-0.1, -0.05) is 29.8 Å². The number of carbonyl (C=O) groups is 1. The van der Waals surface area contributed by atoms with Crippen LogP contribution in [0.1, 0.15) is 16.2 Å². The molecule has 29 heavy (non-hydrogen) atoms. The predicted octanol–water partition coefficient (Wildman–Crippen LogP) is 4.10. The Balaban J connectivity index is 1.58. The number of primary amides is 1. The molecule has 3 N–H and O–H groups in total. The lowest BCUT2D eigenvalue weighted by molar-refractivity contribution is 0.0991. The van der Waals surface area contributed by atoms with Crippen LogP contribution in [0.2, 0.25) is 5.02 Å². The summed E-state index contributed by atoms with van der Waals surface area (Å²) >= 11 is 6.37. The third kappa shape index (κ3) is 4.25. The van der Waals surface area contributed by atoms with E-state index in [0.717, 1.165) is 10.9 Å². The molecule has 0 bridgehead atoms. The van der Waals surface area contributed by atoms with E-state index in [1.807, 2.05) is 36.4 Å². The third-order valence-electron chi connectivity index (χ3n) is 4.14. The average molecular weight is 406 g/mol. The number of fused-ring (bicyclic) bond motifs is 1. The van der Waals surface area contributed by atoms with Crippen LogP contribution in [-0.2, 0) is 6.61 Å². The first-order chi connectivity index (χ1) is 14.1. The number of hydrogen-bond acceptors (Lipinski definition) is 6. The first-order valence-electron chi connectivity index (χ1n) is 8.75. The van der Waals surface area contributed by atoms with E-state index in [0.29, 0.717) is 34.4 Å². The van der Waals surface area contributed by atoms with Crippen LogP contribution in [0, 0.1) is 0 Å². The number of pyridine rings is 1. The minimum atomic E-state index is -0.698. The van der Waals surface area contributed by atoms with E-state index in [-0.39, 0.29) is 5.82 Å². The van der Waals surface area contributed by atoms with Crippen molar-refractivity contribution in [2.24, 2.45) is 5.73 Å². The number of rotatable bonds is 6. The summed E-state index contributed by atoms with van der Waals surface area (Å²) in [6.45, 7) is 0.360. The summed E-state index contributed by atoms with van der Waals surface area (Å²) in [5.41, 5.74) is 7.60. The van der Waals surface area contributed by atoms with Crippen molar-refractivity contribution in [1.29, 1.82) is 0 Å². The van der Waals surface area contributed by atoms with Gasteiger partial charge in [0.1, 0.15) is 18.2 Å². The summed E-state index contributed by atoms with van der Waals surface area (Å²) in [5.74, 6) is 0.251. The smallest absolute Gasteiger partial charge is 0.286 e. The molecule has 4 rings (SSSR count). The van der Waals surface area contributed by atoms with Crippen LogP contribution in [0.25, 0.3) is 10.9 Å². The maximum Gasteiger partial charge on any atom is 0.286 e. The van der Waals surface area contributed by atoms with E-state index in [1.165, 1.54) is 0 Å². The van der Waals surface area contributed by atoms with E-state index in [9.17, 15) is 4.79 Å². The molecule has 0 aliphatic heterocycles. The van der Waals surface area contributed by atoms with Crippen LogP contribution in [0.3, 0.4) is 0 Å². The number of halogens is 1. The van der Waals surface area contributed by atoms with Crippen molar-refractivity contribution >= 4 is 39.9 Å². The summed E-state index contributed by atoms with van der Waals surface area (Å²) in [6, 6.07) is 16.4.